The van der Waals surface area contributed by atoms with E-state index < -0.39 is 5.41 Å². The van der Waals surface area contributed by atoms with Gasteiger partial charge in [0.2, 0.25) is 5.91 Å². The van der Waals surface area contributed by atoms with E-state index in [1.165, 1.54) is 11.0 Å². The molecule has 9 heteroatoms. The summed E-state index contributed by atoms with van der Waals surface area (Å²) in [5.74, 6) is 0.501. The van der Waals surface area contributed by atoms with Crippen molar-refractivity contribution in [3.63, 3.8) is 0 Å². The summed E-state index contributed by atoms with van der Waals surface area (Å²) in [4.78, 5) is 12.7. The van der Waals surface area contributed by atoms with Crippen LogP contribution in [-0.4, -0.2) is 53.0 Å². The molecule has 0 radical (unpaired) electrons. The fourth-order valence-corrected chi connectivity index (χ4v) is 2.77. The van der Waals surface area contributed by atoms with E-state index in [2.05, 4.69) is 20.8 Å². The summed E-state index contributed by atoms with van der Waals surface area (Å²) in [6.45, 7) is 1.38. The van der Waals surface area contributed by atoms with Crippen molar-refractivity contribution in [2.75, 3.05) is 32.2 Å². The molecule has 1 aromatic heterocycles. The smallest absolute Gasteiger partial charge is 0.232 e. The van der Waals surface area contributed by atoms with Crippen LogP contribution in [0.25, 0.3) is 5.69 Å². The van der Waals surface area contributed by atoms with Crippen molar-refractivity contribution in [1.82, 2.24) is 20.2 Å². The van der Waals surface area contributed by atoms with Crippen molar-refractivity contribution in [2.24, 2.45) is 11.1 Å². The van der Waals surface area contributed by atoms with Gasteiger partial charge < -0.3 is 20.5 Å². The second-order valence-electron chi connectivity index (χ2n) is 5.69. The molecule has 0 bridgehead atoms. The van der Waals surface area contributed by atoms with Crippen molar-refractivity contribution < 1.29 is 14.3 Å². The number of benzene rings is 1. The molecule has 128 valence electrons. The first-order valence-corrected chi connectivity index (χ1v) is 7.69. The monoisotopic (exact) mass is 332 g/mol. The fourth-order valence-electron chi connectivity index (χ4n) is 2.77. The molecule has 1 aromatic carbocycles. The molecule has 1 aliphatic rings. The zero-order valence-corrected chi connectivity index (χ0v) is 13.4. The zero-order valence-electron chi connectivity index (χ0n) is 13.4. The fraction of sp³-hybridized carbons (Fsp3) is 0.467. The summed E-state index contributed by atoms with van der Waals surface area (Å²) in [6, 6.07) is 5.29. The third kappa shape index (κ3) is 3.08. The summed E-state index contributed by atoms with van der Waals surface area (Å²) in [7, 11) is 1.56. The maximum absolute atomic E-state index is 12.7. The first-order chi connectivity index (χ1) is 11.7. The van der Waals surface area contributed by atoms with Crippen LogP contribution in [0.2, 0.25) is 0 Å². The summed E-state index contributed by atoms with van der Waals surface area (Å²) in [6.07, 6.45) is 2.69. The Morgan fingerprint density at radius 1 is 1.46 bits per heavy atom. The molecule has 1 amide bonds. The van der Waals surface area contributed by atoms with Gasteiger partial charge in [-0.25, -0.2) is 0 Å². The van der Waals surface area contributed by atoms with Gasteiger partial charge in [-0.2, -0.15) is 4.68 Å². The predicted octanol–water partition coefficient (Wildman–Crippen LogP) is 0.365. The van der Waals surface area contributed by atoms with Crippen LogP contribution < -0.4 is 15.8 Å². The van der Waals surface area contributed by atoms with Gasteiger partial charge in [0, 0.05) is 25.4 Å². The zero-order chi connectivity index (χ0) is 17.0. The Hall–Kier alpha value is -2.52. The molecule has 9 nitrogen and oxygen atoms in total. The third-order valence-corrected chi connectivity index (χ3v) is 4.35. The van der Waals surface area contributed by atoms with Gasteiger partial charge >= 0.3 is 0 Å². The van der Waals surface area contributed by atoms with Gasteiger partial charge in [0.05, 0.1) is 12.5 Å². The average molecular weight is 332 g/mol. The Morgan fingerprint density at radius 3 is 2.88 bits per heavy atom. The molecule has 0 spiro atoms. The van der Waals surface area contributed by atoms with Crippen LogP contribution in [0.4, 0.5) is 5.69 Å². The topological polar surface area (TPSA) is 117 Å². The number of hydrogen-bond acceptors (Lipinski definition) is 7. The van der Waals surface area contributed by atoms with Crippen molar-refractivity contribution in [2.45, 2.75) is 12.8 Å². The number of amides is 1. The van der Waals surface area contributed by atoms with Crippen molar-refractivity contribution in [3.05, 3.63) is 24.5 Å². The number of carbonyl (C=O) groups is 1. The lowest BCUT2D eigenvalue weighted by molar-refractivity contribution is -0.130. The molecule has 1 fully saturated rings. The van der Waals surface area contributed by atoms with Gasteiger partial charge in [-0.15, -0.1) is 5.10 Å². The highest BCUT2D eigenvalue weighted by molar-refractivity contribution is 5.96. The van der Waals surface area contributed by atoms with Crippen LogP contribution in [0, 0.1) is 5.41 Å². The molecule has 24 heavy (non-hydrogen) atoms. The molecule has 0 unspecified atom stereocenters. The van der Waals surface area contributed by atoms with Crippen LogP contribution >= 0.6 is 0 Å². The van der Waals surface area contributed by atoms with Crippen LogP contribution in [-0.2, 0) is 9.53 Å². The van der Waals surface area contributed by atoms with Crippen LogP contribution in [0.1, 0.15) is 12.8 Å². The van der Waals surface area contributed by atoms with Gasteiger partial charge in [0.25, 0.3) is 0 Å². The average Bonchev–Trinajstić information content (AvgIpc) is 3.16. The Balaban J connectivity index is 1.85. The van der Waals surface area contributed by atoms with Gasteiger partial charge in [0.1, 0.15) is 17.8 Å². The second kappa shape index (κ2) is 6.93. The first kappa shape index (κ1) is 16.3. The number of carbonyl (C=O) groups excluding carboxylic acids is 1. The normalized spacial score (nSPS) is 16.6. The minimum absolute atomic E-state index is 0.0962. The van der Waals surface area contributed by atoms with Gasteiger partial charge in [-0.1, -0.05) is 0 Å². The van der Waals surface area contributed by atoms with Crippen molar-refractivity contribution in [1.29, 1.82) is 0 Å². The largest absolute Gasteiger partial charge is 0.494 e. The maximum Gasteiger partial charge on any atom is 0.232 e. The lowest BCUT2D eigenvalue weighted by Crippen LogP contribution is -2.46. The highest BCUT2D eigenvalue weighted by Gasteiger charge is 2.38. The number of methoxy groups -OCH3 is 1. The van der Waals surface area contributed by atoms with Crippen molar-refractivity contribution >= 4 is 11.6 Å². The van der Waals surface area contributed by atoms with Gasteiger partial charge in [-0.3, -0.25) is 4.79 Å². The van der Waals surface area contributed by atoms with E-state index in [1.54, 1.807) is 25.3 Å². The van der Waals surface area contributed by atoms with E-state index in [0.29, 0.717) is 43.2 Å². The standard InChI is InChI=1S/C15H20N6O3/c1-23-13-3-2-11(8-12(13)21-10-17-19-20-21)18-14(22)15(9-16)4-6-24-7-5-15/h2-3,8,10H,4-7,9,16H2,1H3,(H,18,22). The molecule has 2 heterocycles. The summed E-state index contributed by atoms with van der Waals surface area (Å²) in [5.41, 5.74) is 6.55. The molecule has 3 N–H and O–H groups in total. The number of rotatable bonds is 5. The van der Waals surface area contributed by atoms with E-state index in [4.69, 9.17) is 15.2 Å². The number of tetrazole rings is 1. The van der Waals surface area contributed by atoms with Crippen molar-refractivity contribution in [3.8, 4) is 11.4 Å². The Morgan fingerprint density at radius 2 is 2.25 bits per heavy atom. The van der Waals surface area contributed by atoms with E-state index >= 15 is 0 Å². The van der Waals surface area contributed by atoms with Gasteiger partial charge in [-0.05, 0) is 41.5 Å². The number of hydrogen-bond donors (Lipinski definition) is 2. The summed E-state index contributed by atoms with van der Waals surface area (Å²) in [5, 5.41) is 14.0. The lowest BCUT2D eigenvalue weighted by Gasteiger charge is -2.34. The first-order valence-electron chi connectivity index (χ1n) is 7.69. The Kier molecular flexibility index (Phi) is 4.72. The molecule has 0 saturated carbocycles. The number of anilines is 1. The highest BCUT2D eigenvalue weighted by Crippen LogP contribution is 2.32. The summed E-state index contributed by atoms with van der Waals surface area (Å²) < 4.78 is 12.1. The molecule has 1 saturated heterocycles. The summed E-state index contributed by atoms with van der Waals surface area (Å²) >= 11 is 0. The van der Waals surface area contributed by atoms with Crippen LogP contribution in [0.15, 0.2) is 24.5 Å². The predicted molar refractivity (Wildman–Crippen MR) is 85.9 cm³/mol. The number of nitrogens with zero attached hydrogens (tertiary/aromatic N) is 4. The number of nitrogens with two attached hydrogens (primary N) is 1. The van der Waals surface area contributed by atoms with E-state index in [-0.39, 0.29) is 12.5 Å². The molecule has 3 rings (SSSR count). The third-order valence-electron chi connectivity index (χ3n) is 4.35. The van der Waals surface area contributed by atoms with E-state index in [1.807, 2.05) is 0 Å². The Labute approximate surface area is 139 Å². The molecule has 2 aromatic rings. The van der Waals surface area contributed by atoms with E-state index in [0.717, 1.165) is 0 Å². The number of aromatic nitrogens is 4. The lowest BCUT2D eigenvalue weighted by atomic mass is 9.79. The number of ether oxygens (including phenoxy) is 2. The molecule has 0 atom stereocenters. The number of nitrogens with one attached hydrogen (secondary N) is 1. The highest BCUT2D eigenvalue weighted by atomic mass is 16.5. The maximum atomic E-state index is 12.7. The second-order valence-corrected chi connectivity index (χ2v) is 5.69. The quantitative estimate of drug-likeness (QED) is 0.812. The molecular formula is C15H20N6O3. The van der Waals surface area contributed by atoms with Gasteiger partial charge in [0.15, 0.2) is 0 Å². The Bertz CT molecular complexity index is 697. The van der Waals surface area contributed by atoms with Crippen LogP contribution in [0.5, 0.6) is 5.75 Å². The minimum Gasteiger partial charge on any atom is -0.494 e. The SMILES string of the molecule is COc1ccc(NC(=O)C2(CN)CCOCC2)cc1-n1cnnn1. The van der Waals surface area contributed by atoms with E-state index in [9.17, 15) is 4.79 Å². The minimum atomic E-state index is -0.590. The molecule has 0 aliphatic carbocycles. The molecule has 1 aliphatic heterocycles. The molecular weight excluding hydrogens is 312 g/mol. The van der Waals surface area contributed by atoms with Crippen LogP contribution in [0.3, 0.4) is 0 Å².